The molecule has 0 saturated carbocycles. The van der Waals surface area contributed by atoms with Crippen molar-refractivity contribution in [2.45, 2.75) is 33.2 Å². The van der Waals surface area contributed by atoms with Crippen molar-refractivity contribution in [1.29, 1.82) is 0 Å². The van der Waals surface area contributed by atoms with E-state index in [1.165, 1.54) is 14.2 Å². The minimum Gasteiger partial charge on any atom is -0.497 e. The van der Waals surface area contributed by atoms with Crippen LogP contribution in [0.5, 0.6) is 5.75 Å². The smallest absolute Gasteiger partial charge is 0.340 e. The topological polar surface area (TPSA) is 66.8 Å². The maximum atomic E-state index is 12.4. The monoisotopic (exact) mass is 359 g/mol. The van der Waals surface area contributed by atoms with E-state index in [0.717, 1.165) is 17.0 Å². The van der Waals surface area contributed by atoms with Gasteiger partial charge in [-0.15, -0.1) is 0 Å². The highest BCUT2D eigenvalue weighted by Gasteiger charge is 2.31. The number of carbonyl (C=O) groups excluding carboxylic acids is 2. The fraction of sp³-hybridized carbons (Fsp3) is 0.400. The van der Waals surface area contributed by atoms with Gasteiger partial charge >= 0.3 is 11.9 Å². The zero-order valence-corrected chi connectivity index (χ0v) is 16.1. The normalized spacial score (nSPS) is 10.7. The lowest BCUT2D eigenvalue weighted by molar-refractivity contribution is 0.0555. The lowest BCUT2D eigenvalue weighted by Gasteiger charge is -2.15. The molecule has 1 aromatic heterocycles. The van der Waals surface area contributed by atoms with Crippen LogP contribution in [-0.4, -0.2) is 37.8 Å². The summed E-state index contributed by atoms with van der Waals surface area (Å²) in [4.78, 5) is 24.8. The molecule has 0 bridgehead atoms. The van der Waals surface area contributed by atoms with Crippen LogP contribution in [0, 0.1) is 6.92 Å². The number of carbonyl (C=O) groups is 2. The molecule has 0 radical (unpaired) electrons. The average Bonchev–Trinajstić information content (AvgIpc) is 2.93. The van der Waals surface area contributed by atoms with Crippen molar-refractivity contribution >= 4 is 11.9 Å². The summed E-state index contributed by atoms with van der Waals surface area (Å²) in [6.07, 6.45) is 0. The van der Waals surface area contributed by atoms with Gasteiger partial charge in [0, 0.05) is 17.9 Å². The molecule has 0 unspecified atom stereocenters. The Balaban J connectivity index is 2.65. The van der Waals surface area contributed by atoms with E-state index in [1.807, 2.05) is 49.6 Å². The van der Waals surface area contributed by atoms with Crippen LogP contribution in [0.15, 0.2) is 24.3 Å². The number of rotatable bonds is 6. The van der Waals surface area contributed by atoms with E-state index in [9.17, 15) is 9.59 Å². The molecule has 6 nitrogen and oxygen atoms in total. The van der Waals surface area contributed by atoms with E-state index < -0.39 is 11.9 Å². The molecule has 0 fully saturated rings. The Bertz CT molecular complexity index is 803. The summed E-state index contributed by atoms with van der Waals surface area (Å²) in [7, 11) is 4.23. The van der Waals surface area contributed by atoms with Crippen molar-refractivity contribution < 1.29 is 23.8 Å². The molecule has 0 aliphatic carbocycles. The van der Waals surface area contributed by atoms with Gasteiger partial charge in [-0.25, -0.2) is 9.59 Å². The van der Waals surface area contributed by atoms with E-state index in [-0.39, 0.29) is 17.0 Å². The number of esters is 2. The summed E-state index contributed by atoms with van der Waals surface area (Å²) in [5.74, 6) is -0.295. The quantitative estimate of drug-likeness (QED) is 0.738. The van der Waals surface area contributed by atoms with Crippen molar-refractivity contribution in [3.63, 3.8) is 0 Å². The number of methoxy groups -OCH3 is 3. The van der Waals surface area contributed by atoms with Crippen molar-refractivity contribution in [3.05, 3.63) is 52.3 Å². The first-order valence-electron chi connectivity index (χ1n) is 8.38. The average molecular weight is 359 g/mol. The fourth-order valence-electron chi connectivity index (χ4n) is 3.14. The van der Waals surface area contributed by atoms with Crippen LogP contribution in [0.2, 0.25) is 0 Å². The predicted molar refractivity (Wildman–Crippen MR) is 98.0 cm³/mol. The van der Waals surface area contributed by atoms with Crippen LogP contribution in [-0.2, 0) is 16.0 Å². The van der Waals surface area contributed by atoms with Gasteiger partial charge in [0.25, 0.3) is 0 Å². The third-order valence-corrected chi connectivity index (χ3v) is 4.39. The highest BCUT2D eigenvalue weighted by molar-refractivity contribution is 6.05. The number of hydrogen-bond acceptors (Lipinski definition) is 5. The zero-order chi connectivity index (χ0) is 19.4. The molecule has 0 spiro atoms. The van der Waals surface area contributed by atoms with Crippen LogP contribution in [0.25, 0.3) is 0 Å². The maximum absolute atomic E-state index is 12.4. The molecule has 2 aromatic rings. The van der Waals surface area contributed by atoms with Gasteiger partial charge in [0.1, 0.15) is 5.75 Å². The first-order valence-corrected chi connectivity index (χ1v) is 8.38. The second kappa shape index (κ2) is 8.08. The van der Waals surface area contributed by atoms with Crippen LogP contribution in [0.1, 0.15) is 57.4 Å². The second-order valence-electron chi connectivity index (χ2n) is 6.29. The molecular weight excluding hydrogens is 334 g/mol. The molecule has 1 aromatic carbocycles. The fourth-order valence-corrected chi connectivity index (χ4v) is 3.14. The minimum absolute atomic E-state index is 0.0134. The number of ether oxygens (including phenoxy) is 3. The Labute approximate surface area is 153 Å². The molecule has 2 rings (SSSR count). The first-order chi connectivity index (χ1) is 12.3. The van der Waals surface area contributed by atoms with Crippen molar-refractivity contribution in [2.24, 2.45) is 0 Å². The summed E-state index contributed by atoms with van der Waals surface area (Å²) in [5, 5.41) is 0. The SMILES string of the molecule is COC(=O)c1c(C(=O)OC)c(C(C)C)n(Cc2ccc(OC)cc2)c1C. The Morgan fingerprint density at radius 1 is 0.962 bits per heavy atom. The number of benzene rings is 1. The first kappa shape index (κ1) is 19.6. The van der Waals surface area contributed by atoms with E-state index >= 15 is 0 Å². The molecular formula is C20H25NO5. The molecule has 6 heteroatoms. The van der Waals surface area contributed by atoms with Crippen LogP contribution in [0.4, 0.5) is 0 Å². The lowest BCUT2D eigenvalue weighted by atomic mass is 10.0. The summed E-state index contributed by atoms with van der Waals surface area (Å²) >= 11 is 0. The van der Waals surface area contributed by atoms with Gasteiger partial charge in [-0.2, -0.15) is 0 Å². The molecule has 140 valence electrons. The lowest BCUT2D eigenvalue weighted by Crippen LogP contribution is -2.13. The Kier molecular flexibility index (Phi) is 6.08. The van der Waals surface area contributed by atoms with Gasteiger partial charge in [-0.05, 0) is 30.5 Å². The van der Waals surface area contributed by atoms with Crippen molar-refractivity contribution in [3.8, 4) is 5.75 Å². The molecule has 0 N–H and O–H groups in total. The molecule has 0 aliphatic heterocycles. The summed E-state index contributed by atoms with van der Waals surface area (Å²) in [5.41, 5.74) is 3.00. The van der Waals surface area contributed by atoms with Crippen molar-refractivity contribution in [1.82, 2.24) is 4.57 Å². The zero-order valence-electron chi connectivity index (χ0n) is 16.1. The summed E-state index contributed by atoms with van der Waals surface area (Å²) < 4.78 is 17.0. The molecule has 0 atom stereocenters. The van der Waals surface area contributed by atoms with E-state index in [2.05, 4.69) is 0 Å². The van der Waals surface area contributed by atoms with Gasteiger partial charge in [0.2, 0.25) is 0 Å². The molecule has 26 heavy (non-hydrogen) atoms. The minimum atomic E-state index is -0.543. The van der Waals surface area contributed by atoms with Crippen LogP contribution >= 0.6 is 0 Å². The van der Waals surface area contributed by atoms with Gasteiger partial charge in [0.05, 0.1) is 32.5 Å². The molecule has 0 aliphatic rings. The third kappa shape index (κ3) is 3.59. The molecule has 1 heterocycles. The molecule has 0 amide bonds. The number of nitrogens with zero attached hydrogens (tertiary/aromatic N) is 1. The number of hydrogen-bond donors (Lipinski definition) is 0. The third-order valence-electron chi connectivity index (χ3n) is 4.39. The largest absolute Gasteiger partial charge is 0.497 e. The maximum Gasteiger partial charge on any atom is 0.340 e. The predicted octanol–water partition coefficient (Wildman–Crippen LogP) is 3.55. The highest BCUT2D eigenvalue weighted by Crippen LogP contribution is 2.31. The Morgan fingerprint density at radius 2 is 1.50 bits per heavy atom. The van der Waals surface area contributed by atoms with Gasteiger partial charge in [0.15, 0.2) is 0 Å². The van der Waals surface area contributed by atoms with E-state index in [4.69, 9.17) is 14.2 Å². The highest BCUT2D eigenvalue weighted by atomic mass is 16.5. The summed E-state index contributed by atoms with van der Waals surface area (Å²) in [6.45, 7) is 6.29. The van der Waals surface area contributed by atoms with E-state index in [0.29, 0.717) is 12.2 Å². The van der Waals surface area contributed by atoms with Gasteiger partial charge in [-0.3, -0.25) is 0 Å². The van der Waals surface area contributed by atoms with E-state index in [1.54, 1.807) is 7.11 Å². The van der Waals surface area contributed by atoms with Crippen LogP contribution < -0.4 is 4.74 Å². The van der Waals surface area contributed by atoms with Crippen molar-refractivity contribution in [2.75, 3.05) is 21.3 Å². The van der Waals surface area contributed by atoms with Gasteiger partial charge < -0.3 is 18.8 Å². The number of aromatic nitrogens is 1. The summed E-state index contributed by atoms with van der Waals surface area (Å²) in [6, 6.07) is 7.67. The Hall–Kier alpha value is -2.76. The molecule has 0 saturated heterocycles. The second-order valence-corrected chi connectivity index (χ2v) is 6.29. The van der Waals surface area contributed by atoms with Crippen LogP contribution in [0.3, 0.4) is 0 Å². The Morgan fingerprint density at radius 3 is 1.96 bits per heavy atom. The standard InChI is InChI=1S/C20H25NO5/c1-12(2)18-17(20(23)26-6)16(19(22)25-5)13(3)21(18)11-14-7-9-15(24-4)10-8-14/h7-10,12H,11H2,1-6H3. The van der Waals surface area contributed by atoms with Gasteiger partial charge in [-0.1, -0.05) is 26.0 Å².